The zero-order valence-corrected chi connectivity index (χ0v) is 11.3. The highest BCUT2D eigenvalue weighted by Gasteiger charge is 2.01. The third-order valence-corrected chi connectivity index (χ3v) is 2.77. The van der Waals surface area contributed by atoms with Gasteiger partial charge in [-0.3, -0.25) is 4.98 Å². The van der Waals surface area contributed by atoms with Crippen LogP contribution >= 0.6 is 15.9 Å². The Bertz CT molecular complexity index is 507. The summed E-state index contributed by atoms with van der Waals surface area (Å²) >= 11 is 3.35. The summed E-state index contributed by atoms with van der Waals surface area (Å²) in [7, 11) is 0. The summed E-state index contributed by atoms with van der Waals surface area (Å²) in [5.41, 5.74) is 2.20. The molecule has 1 N–H and O–H groups in total. The first-order valence-corrected chi connectivity index (χ1v) is 6.10. The van der Waals surface area contributed by atoms with Gasteiger partial charge in [0.15, 0.2) is 0 Å². The van der Waals surface area contributed by atoms with E-state index in [2.05, 4.69) is 36.2 Å². The Hall–Kier alpha value is -1.49. The van der Waals surface area contributed by atoms with Crippen molar-refractivity contribution in [2.24, 2.45) is 0 Å². The largest absolute Gasteiger partial charge is 0.364 e. The van der Waals surface area contributed by atoms with Crippen molar-refractivity contribution < 1.29 is 0 Å². The van der Waals surface area contributed by atoms with Crippen LogP contribution in [0.5, 0.6) is 0 Å². The molecule has 88 valence electrons. The topological polar surface area (TPSA) is 50.7 Å². The quantitative estimate of drug-likeness (QED) is 0.884. The van der Waals surface area contributed by atoms with E-state index in [4.69, 9.17) is 0 Å². The molecule has 0 saturated heterocycles. The lowest BCUT2D eigenvalue weighted by Crippen LogP contribution is -2.06. The van der Waals surface area contributed by atoms with Gasteiger partial charge in [-0.1, -0.05) is 6.07 Å². The number of aryl methyl sites for hydroxylation is 2. The number of pyridine rings is 1. The van der Waals surface area contributed by atoms with E-state index in [9.17, 15) is 0 Å². The van der Waals surface area contributed by atoms with Gasteiger partial charge in [0.1, 0.15) is 16.2 Å². The highest BCUT2D eigenvalue weighted by molar-refractivity contribution is 9.10. The summed E-state index contributed by atoms with van der Waals surface area (Å²) in [5.74, 6) is 1.54. The van der Waals surface area contributed by atoms with E-state index in [0.29, 0.717) is 6.54 Å². The van der Waals surface area contributed by atoms with E-state index in [0.717, 1.165) is 21.9 Å². The van der Waals surface area contributed by atoms with E-state index in [1.165, 1.54) is 5.56 Å². The molecule has 0 fully saturated rings. The van der Waals surface area contributed by atoms with Gasteiger partial charge < -0.3 is 5.32 Å². The van der Waals surface area contributed by atoms with Crippen molar-refractivity contribution in [1.82, 2.24) is 15.0 Å². The highest BCUT2D eigenvalue weighted by Crippen LogP contribution is 2.13. The smallest absolute Gasteiger partial charge is 0.131 e. The summed E-state index contributed by atoms with van der Waals surface area (Å²) in [6.07, 6.45) is 1.80. The summed E-state index contributed by atoms with van der Waals surface area (Å²) in [4.78, 5) is 12.8. The van der Waals surface area contributed by atoms with Gasteiger partial charge in [0.2, 0.25) is 0 Å². The van der Waals surface area contributed by atoms with E-state index < -0.39 is 0 Å². The van der Waals surface area contributed by atoms with Crippen LogP contribution in [0.15, 0.2) is 29.0 Å². The van der Waals surface area contributed by atoms with E-state index in [1.54, 1.807) is 6.20 Å². The molecule has 0 spiro atoms. The number of nitrogens with one attached hydrogen (secondary N) is 1. The Morgan fingerprint density at radius 3 is 2.82 bits per heavy atom. The van der Waals surface area contributed by atoms with Gasteiger partial charge in [-0.15, -0.1) is 0 Å². The summed E-state index contributed by atoms with van der Waals surface area (Å²) in [6.45, 7) is 4.57. The lowest BCUT2D eigenvalue weighted by molar-refractivity contribution is 0.974. The van der Waals surface area contributed by atoms with Gasteiger partial charge in [0, 0.05) is 12.3 Å². The number of hydrogen-bond acceptors (Lipinski definition) is 4. The van der Waals surface area contributed by atoms with Crippen molar-refractivity contribution in [3.05, 3.63) is 46.1 Å². The molecular formula is C12H13BrN4. The van der Waals surface area contributed by atoms with Crippen LogP contribution in [0.4, 0.5) is 5.82 Å². The molecule has 4 nitrogen and oxygen atoms in total. The SMILES string of the molecule is Cc1nc(Br)cc(NCc2ncccc2C)n1. The van der Waals surface area contributed by atoms with Crippen molar-refractivity contribution in [1.29, 1.82) is 0 Å². The Morgan fingerprint density at radius 1 is 1.29 bits per heavy atom. The van der Waals surface area contributed by atoms with E-state index >= 15 is 0 Å². The van der Waals surface area contributed by atoms with Crippen molar-refractivity contribution in [2.75, 3.05) is 5.32 Å². The molecule has 5 heteroatoms. The Kier molecular flexibility index (Phi) is 3.68. The fraction of sp³-hybridized carbons (Fsp3) is 0.250. The molecule has 0 atom stereocenters. The van der Waals surface area contributed by atoms with Crippen LogP contribution in [-0.4, -0.2) is 15.0 Å². The molecule has 0 aliphatic rings. The van der Waals surface area contributed by atoms with E-state index in [-0.39, 0.29) is 0 Å². The highest BCUT2D eigenvalue weighted by atomic mass is 79.9. The molecule has 17 heavy (non-hydrogen) atoms. The van der Waals surface area contributed by atoms with Crippen LogP contribution in [0.25, 0.3) is 0 Å². The first-order valence-electron chi connectivity index (χ1n) is 5.31. The van der Waals surface area contributed by atoms with Gasteiger partial charge in [-0.05, 0) is 41.4 Å². The van der Waals surface area contributed by atoms with E-state index in [1.807, 2.05) is 32.0 Å². The molecule has 0 saturated carbocycles. The molecule has 0 amide bonds. The number of rotatable bonds is 3. The van der Waals surface area contributed by atoms with Crippen LogP contribution < -0.4 is 5.32 Å². The number of nitrogens with zero attached hydrogens (tertiary/aromatic N) is 3. The molecule has 0 aliphatic heterocycles. The first kappa shape index (κ1) is 12.0. The second kappa shape index (κ2) is 5.23. The third kappa shape index (κ3) is 3.23. The van der Waals surface area contributed by atoms with Gasteiger partial charge >= 0.3 is 0 Å². The van der Waals surface area contributed by atoms with Gasteiger partial charge in [-0.2, -0.15) is 0 Å². The number of aromatic nitrogens is 3. The minimum absolute atomic E-state index is 0.662. The van der Waals surface area contributed by atoms with Crippen molar-refractivity contribution in [3.8, 4) is 0 Å². The first-order chi connectivity index (χ1) is 8.15. The van der Waals surface area contributed by atoms with Crippen LogP contribution in [0, 0.1) is 13.8 Å². The van der Waals surface area contributed by atoms with Gasteiger partial charge in [0.05, 0.1) is 12.2 Å². The molecule has 0 aromatic carbocycles. The van der Waals surface area contributed by atoms with Crippen molar-refractivity contribution >= 4 is 21.7 Å². The summed E-state index contributed by atoms with van der Waals surface area (Å²) in [5, 5.41) is 3.24. The molecular weight excluding hydrogens is 280 g/mol. The second-order valence-corrected chi connectivity index (χ2v) is 4.56. The Labute approximate surface area is 109 Å². The average molecular weight is 293 g/mol. The lowest BCUT2D eigenvalue weighted by atomic mass is 10.2. The maximum Gasteiger partial charge on any atom is 0.131 e. The maximum atomic E-state index is 4.32. The molecule has 2 heterocycles. The van der Waals surface area contributed by atoms with Crippen LogP contribution in [0.2, 0.25) is 0 Å². The minimum atomic E-state index is 0.662. The Balaban J connectivity index is 2.10. The predicted octanol–water partition coefficient (Wildman–Crippen LogP) is 2.86. The van der Waals surface area contributed by atoms with Crippen LogP contribution in [0.1, 0.15) is 17.1 Å². The number of hydrogen-bond donors (Lipinski definition) is 1. The zero-order valence-electron chi connectivity index (χ0n) is 9.74. The molecule has 2 rings (SSSR count). The molecule has 0 bridgehead atoms. The molecule has 2 aromatic rings. The molecule has 2 aromatic heterocycles. The number of anilines is 1. The second-order valence-electron chi connectivity index (χ2n) is 3.74. The predicted molar refractivity (Wildman–Crippen MR) is 70.8 cm³/mol. The lowest BCUT2D eigenvalue weighted by Gasteiger charge is -2.07. The number of halogens is 1. The van der Waals surface area contributed by atoms with Crippen molar-refractivity contribution in [2.45, 2.75) is 20.4 Å². The normalized spacial score (nSPS) is 10.3. The standard InChI is InChI=1S/C12H13BrN4/c1-8-4-3-5-14-10(8)7-15-12-6-11(13)16-9(2)17-12/h3-6H,7H2,1-2H3,(H,15,16,17). The minimum Gasteiger partial charge on any atom is -0.364 e. The monoisotopic (exact) mass is 292 g/mol. The van der Waals surface area contributed by atoms with Crippen LogP contribution in [-0.2, 0) is 6.54 Å². The summed E-state index contributed by atoms with van der Waals surface area (Å²) in [6, 6.07) is 5.83. The molecule has 0 radical (unpaired) electrons. The summed E-state index contributed by atoms with van der Waals surface area (Å²) < 4.78 is 0.783. The fourth-order valence-electron chi connectivity index (χ4n) is 1.50. The zero-order chi connectivity index (χ0) is 12.3. The van der Waals surface area contributed by atoms with Crippen LogP contribution in [0.3, 0.4) is 0 Å². The molecule has 0 aliphatic carbocycles. The maximum absolute atomic E-state index is 4.32. The van der Waals surface area contributed by atoms with Crippen molar-refractivity contribution in [3.63, 3.8) is 0 Å². The molecule has 0 unspecified atom stereocenters. The van der Waals surface area contributed by atoms with Gasteiger partial charge in [0.25, 0.3) is 0 Å². The fourth-order valence-corrected chi connectivity index (χ4v) is 1.97. The average Bonchev–Trinajstić information content (AvgIpc) is 2.27. The Morgan fingerprint density at radius 2 is 2.12 bits per heavy atom. The third-order valence-electron chi connectivity index (χ3n) is 2.36. The van der Waals surface area contributed by atoms with Gasteiger partial charge in [-0.25, -0.2) is 9.97 Å².